The van der Waals surface area contributed by atoms with Gasteiger partial charge in [-0.1, -0.05) is 0 Å². The first-order valence-electron chi connectivity index (χ1n) is 12.1. The molecule has 36 heavy (non-hydrogen) atoms. The number of hydrogen-bond acceptors (Lipinski definition) is 6. The molecule has 3 saturated carbocycles. The van der Waals surface area contributed by atoms with Gasteiger partial charge in [0.15, 0.2) is 0 Å². The van der Waals surface area contributed by atoms with Gasteiger partial charge >= 0.3 is 5.97 Å². The number of carbonyl (C=O) groups excluding carboxylic acids is 4. The van der Waals surface area contributed by atoms with Crippen molar-refractivity contribution in [3.05, 3.63) is 47.8 Å². The fraction of sp³-hybridized carbons (Fsp3) is 0.462. The number of anilines is 1. The Kier molecular flexibility index (Phi) is 7.32. The monoisotopic (exact) mass is 496 g/mol. The average molecular weight is 497 g/mol. The van der Waals surface area contributed by atoms with E-state index in [-0.39, 0.29) is 41.8 Å². The molecule has 2 aromatic rings. The van der Waals surface area contributed by atoms with Crippen LogP contribution in [0.4, 0.5) is 5.69 Å². The number of aromatic amines is 1. The summed E-state index contributed by atoms with van der Waals surface area (Å²) in [5, 5.41) is 8.85. The molecule has 192 valence electrons. The molecule has 3 amide bonds. The zero-order chi connectivity index (χ0) is 25.8. The van der Waals surface area contributed by atoms with E-state index in [1.807, 2.05) is 0 Å². The van der Waals surface area contributed by atoms with Crippen LogP contribution in [0.15, 0.2) is 36.5 Å². The second kappa shape index (κ2) is 10.4. The van der Waals surface area contributed by atoms with Gasteiger partial charge in [0.1, 0.15) is 11.4 Å². The molecule has 0 aliphatic heterocycles. The van der Waals surface area contributed by atoms with E-state index in [0.29, 0.717) is 55.7 Å². The Morgan fingerprint density at radius 2 is 1.72 bits per heavy atom. The van der Waals surface area contributed by atoms with Gasteiger partial charge in [-0.25, -0.2) is 4.79 Å². The average Bonchev–Trinajstić information content (AvgIpc) is 3.44. The van der Waals surface area contributed by atoms with Crippen molar-refractivity contribution < 1.29 is 28.7 Å². The molecule has 3 aliphatic carbocycles. The Morgan fingerprint density at radius 1 is 1.00 bits per heavy atom. The summed E-state index contributed by atoms with van der Waals surface area (Å²) in [5.41, 5.74) is 0.205. The molecular weight excluding hydrogens is 464 g/mol. The number of esters is 1. The second-order valence-corrected chi connectivity index (χ2v) is 9.56. The summed E-state index contributed by atoms with van der Waals surface area (Å²) < 4.78 is 10.1. The third-order valence-electron chi connectivity index (χ3n) is 7.49. The predicted octanol–water partition coefficient (Wildman–Crippen LogP) is 2.78. The number of rotatable bonds is 9. The van der Waals surface area contributed by atoms with Crippen molar-refractivity contribution in [1.82, 2.24) is 15.6 Å². The lowest BCUT2D eigenvalue weighted by molar-refractivity contribution is -0.134. The molecule has 5 rings (SSSR count). The molecule has 10 heteroatoms. The van der Waals surface area contributed by atoms with E-state index in [2.05, 4.69) is 20.9 Å². The Bertz CT molecular complexity index is 1120. The molecule has 1 heterocycles. The number of nitrogens with one attached hydrogen (secondary N) is 4. The number of ether oxygens (including phenoxy) is 2. The van der Waals surface area contributed by atoms with E-state index in [0.717, 1.165) is 0 Å². The van der Waals surface area contributed by atoms with Gasteiger partial charge in [0, 0.05) is 36.2 Å². The third kappa shape index (κ3) is 5.22. The minimum absolute atomic E-state index is 0.111. The number of benzene rings is 1. The Morgan fingerprint density at radius 3 is 2.33 bits per heavy atom. The number of fused-ring (bicyclic) bond motifs is 3. The van der Waals surface area contributed by atoms with Crippen LogP contribution in [-0.4, -0.2) is 55.0 Å². The fourth-order valence-electron chi connectivity index (χ4n) is 5.22. The number of aromatic nitrogens is 1. The number of hydrogen-bond donors (Lipinski definition) is 4. The fourth-order valence-corrected chi connectivity index (χ4v) is 5.22. The topological polar surface area (TPSA) is 139 Å². The van der Waals surface area contributed by atoms with Gasteiger partial charge in [-0.2, -0.15) is 0 Å². The van der Waals surface area contributed by atoms with Gasteiger partial charge in [-0.05, 0) is 62.8 Å². The van der Waals surface area contributed by atoms with Crippen molar-refractivity contribution >= 4 is 29.4 Å². The molecule has 3 aliphatic rings. The first-order chi connectivity index (χ1) is 17.3. The summed E-state index contributed by atoms with van der Waals surface area (Å²) in [6.45, 7) is 0.245. The van der Waals surface area contributed by atoms with Crippen LogP contribution in [0.3, 0.4) is 0 Å². The number of methoxy groups -OCH3 is 2. The molecular formula is C26H32N4O6. The third-order valence-corrected chi connectivity index (χ3v) is 7.49. The standard InChI is InChI=1S/C26H32N4O6/c1-35-17-5-6-18(23(33)36-2)20(16-17)29-24(34)25-8-11-26(12-9-25,13-10-25)30-21(31)7-15-28-22(32)19-4-3-14-27-19/h3-6,14,16,27H,7-13,15H2,1-2H3,(H,28,32)(H,29,34)(H,30,31). The predicted molar refractivity (Wildman–Crippen MR) is 132 cm³/mol. The Hall–Kier alpha value is -3.82. The Labute approximate surface area is 209 Å². The normalized spacial score (nSPS) is 22.4. The van der Waals surface area contributed by atoms with Crippen molar-refractivity contribution in [1.29, 1.82) is 0 Å². The van der Waals surface area contributed by atoms with E-state index in [1.165, 1.54) is 14.2 Å². The maximum Gasteiger partial charge on any atom is 0.339 e. The van der Waals surface area contributed by atoms with Gasteiger partial charge in [0.25, 0.3) is 5.91 Å². The van der Waals surface area contributed by atoms with E-state index in [4.69, 9.17) is 9.47 Å². The minimum Gasteiger partial charge on any atom is -0.497 e. The largest absolute Gasteiger partial charge is 0.497 e. The number of H-pyrrole nitrogens is 1. The summed E-state index contributed by atoms with van der Waals surface area (Å²) >= 11 is 0. The zero-order valence-corrected chi connectivity index (χ0v) is 20.6. The van der Waals surface area contributed by atoms with E-state index in [9.17, 15) is 19.2 Å². The first kappa shape index (κ1) is 25.3. The van der Waals surface area contributed by atoms with Crippen molar-refractivity contribution in [2.24, 2.45) is 5.41 Å². The van der Waals surface area contributed by atoms with Crippen LogP contribution in [0.5, 0.6) is 5.75 Å². The van der Waals surface area contributed by atoms with Crippen molar-refractivity contribution in [3.63, 3.8) is 0 Å². The molecule has 0 saturated heterocycles. The quantitative estimate of drug-likeness (QED) is 0.394. The smallest absolute Gasteiger partial charge is 0.339 e. The summed E-state index contributed by atoms with van der Waals surface area (Å²) in [5.74, 6) is -0.507. The van der Waals surface area contributed by atoms with Gasteiger partial charge in [-0.3, -0.25) is 14.4 Å². The van der Waals surface area contributed by atoms with Crippen LogP contribution in [0.2, 0.25) is 0 Å². The van der Waals surface area contributed by atoms with Crippen molar-refractivity contribution in [3.8, 4) is 5.75 Å². The summed E-state index contributed by atoms with van der Waals surface area (Å²) in [6, 6.07) is 8.24. The van der Waals surface area contributed by atoms with E-state index < -0.39 is 11.4 Å². The van der Waals surface area contributed by atoms with E-state index >= 15 is 0 Å². The molecule has 10 nitrogen and oxygen atoms in total. The SMILES string of the molecule is COC(=O)c1ccc(OC)cc1NC(=O)C12CCC(NC(=O)CCNC(=O)c3ccc[nH]3)(CC1)CC2. The molecule has 0 unspecified atom stereocenters. The molecule has 0 spiro atoms. The molecule has 1 aromatic carbocycles. The van der Waals surface area contributed by atoms with Gasteiger partial charge in [-0.15, -0.1) is 0 Å². The van der Waals surface area contributed by atoms with Crippen LogP contribution in [0, 0.1) is 5.41 Å². The van der Waals surface area contributed by atoms with Crippen LogP contribution in [0.1, 0.15) is 65.8 Å². The summed E-state index contributed by atoms with van der Waals surface area (Å²) in [7, 11) is 2.81. The number of amides is 3. The van der Waals surface area contributed by atoms with Crippen LogP contribution in [0.25, 0.3) is 0 Å². The molecule has 0 radical (unpaired) electrons. The van der Waals surface area contributed by atoms with Crippen LogP contribution >= 0.6 is 0 Å². The van der Waals surface area contributed by atoms with E-state index in [1.54, 1.807) is 36.5 Å². The number of carbonyl (C=O) groups is 4. The lowest BCUT2D eigenvalue weighted by Gasteiger charge is -2.52. The lowest BCUT2D eigenvalue weighted by Crippen LogP contribution is -2.59. The van der Waals surface area contributed by atoms with Crippen molar-refractivity contribution in [2.45, 2.75) is 50.5 Å². The molecule has 0 atom stereocenters. The highest BCUT2D eigenvalue weighted by Crippen LogP contribution is 2.53. The highest BCUT2D eigenvalue weighted by atomic mass is 16.5. The Balaban J connectivity index is 1.32. The van der Waals surface area contributed by atoms with Gasteiger partial charge in [0.2, 0.25) is 11.8 Å². The zero-order valence-electron chi connectivity index (χ0n) is 20.6. The molecule has 4 N–H and O–H groups in total. The van der Waals surface area contributed by atoms with Gasteiger partial charge < -0.3 is 30.4 Å². The minimum atomic E-state index is -0.549. The van der Waals surface area contributed by atoms with Crippen LogP contribution in [-0.2, 0) is 14.3 Å². The highest BCUT2D eigenvalue weighted by molar-refractivity contribution is 6.03. The summed E-state index contributed by atoms with van der Waals surface area (Å²) in [6.07, 6.45) is 5.86. The molecule has 1 aromatic heterocycles. The molecule has 2 bridgehead atoms. The highest BCUT2D eigenvalue weighted by Gasteiger charge is 2.52. The molecule has 3 fully saturated rings. The maximum absolute atomic E-state index is 13.4. The second-order valence-electron chi connectivity index (χ2n) is 9.56. The first-order valence-corrected chi connectivity index (χ1v) is 12.1. The lowest BCUT2D eigenvalue weighted by atomic mass is 9.57. The van der Waals surface area contributed by atoms with Gasteiger partial charge in [0.05, 0.1) is 25.5 Å². The van der Waals surface area contributed by atoms with Crippen LogP contribution < -0.4 is 20.7 Å². The maximum atomic E-state index is 13.4. The summed E-state index contributed by atoms with van der Waals surface area (Å²) in [4.78, 5) is 53.0. The van der Waals surface area contributed by atoms with Crippen molar-refractivity contribution in [2.75, 3.05) is 26.1 Å².